The Bertz CT molecular complexity index is 472. The van der Waals surface area contributed by atoms with Crippen LogP contribution < -0.4 is 5.56 Å². The average Bonchev–Trinajstić information content (AvgIpc) is 2.52. The number of aryl methyl sites for hydroxylation is 1. The highest BCUT2D eigenvalue weighted by atomic mass is 32.1. The van der Waals surface area contributed by atoms with Crippen LogP contribution in [0, 0.1) is 6.92 Å². The molecule has 66 valence electrons. The number of aromatic amines is 1. The van der Waals surface area contributed by atoms with Crippen molar-refractivity contribution >= 4 is 11.3 Å². The number of thiophene rings is 1. The number of nitrogens with one attached hydrogen (secondary N) is 1. The summed E-state index contributed by atoms with van der Waals surface area (Å²) in [5, 5.41) is 1.96. The molecule has 0 aromatic carbocycles. The lowest BCUT2D eigenvalue weighted by Crippen LogP contribution is -2.09. The molecule has 0 saturated heterocycles. The van der Waals surface area contributed by atoms with Gasteiger partial charge in [0.25, 0.3) is 5.56 Å². The van der Waals surface area contributed by atoms with Crippen molar-refractivity contribution in [2.75, 3.05) is 0 Å². The Morgan fingerprint density at radius 2 is 2.38 bits per heavy atom. The third-order valence-corrected chi connectivity index (χ3v) is 2.81. The fourth-order valence-electron chi connectivity index (χ4n) is 1.13. The molecule has 1 N–H and O–H groups in total. The van der Waals surface area contributed by atoms with E-state index in [1.54, 1.807) is 6.20 Å². The normalized spacial score (nSPS) is 10.2. The van der Waals surface area contributed by atoms with E-state index in [2.05, 4.69) is 9.97 Å². The summed E-state index contributed by atoms with van der Waals surface area (Å²) >= 11 is 1.53. The van der Waals surface area contributed by atoms with E-state index in [0.717, 1.165) is 10.4 Å². The summed E-state index contributed by atoms with van der Waals surface area (Å²) in [6, 6.07) is 1.98. The molecule has 0 amide bonds. The van der Waals surface area contributed by atoms with Crippen LogP contribution in [-0.2, 0) is 0 Å². The fourth-order valence-corrected chi connectivity index (χ4v) is 2.05. The number of H-pyrrole nitrogens is 1. The molecule has 13 heavy (non-hydrogen) atoms. The molecule has 0 radical (unpaired) electrons. The smallest absolute Gasteiger partial charge is 0.275 e. The van der Waals surface area contributed by atoms with Crippen molar-refractivity contribution in [1.82, 2.24) is 9.97 Å². The van der Waals surface area contributed by atoms with E-state index in [1.165, 1.54) is 17.5 Å². The van der Waals surface area contributed by atoms with Crippen LogP contribution in [0.5, 0.6) is 0 Å². The van der Waals surface area contributed by atoms with Crippen molar-refractivity contribution < 1.29 is 0 Å². The van der Waals surface area contributed by atoms with Gasteiger partial charge in [-0.1, -0.05) is 0 Å². The molecule has 0 aliphatic heterocycles. The number of hydrogen-bond acceptors (Lipinski definition) is 3. The third-order valence-electron chi connectivity index (χ3n) is 1.78. The van der Waals surface area contributed by atoms with Crippen LogP contribution >= 0.6 is 11.3 Å². The quantitative estimate of drug-likeness (QED) is 0.749. The fraction of sp³-hybridized carbons (Fsp3) is 0.111. The van der Waals surface area contributed by atoms with Gasteiger partial charge in [0.2, 0.25) is 0 Å². The van der Waals surface area contributed by atoms with Crippen LogP contribution in [-0.4, -0.2) is 9.97 Å². The molecule has 2 aromatic rings. The summed E-state index contributed by atoms with van der Waals surface area (Å²) in [7, 11) is 0. The van der Waals surface area contributed by atoms with E-state index in [1.807, 2.05) is 18.4 Å². The highest BCUT2D eigenvalue weighted by Crippen LogP contribution is 2.24. The minimum absolute atomic E-state index is 0.131. The maximum atomic E-state index is 11.4. The molecule has 0 saturated carbocycles. The first kappa shape index (κ1) is 8.19. The molecule has 0 atom stereocenters. The average molecular weight is 192 g/mol. The molecule has 2 rings (SSSR count). The Labute approximate surface area is 79.1 Å². The van der Waals surface area contributed by atoms with Crippen LogP contribution in [0.3, 0.4) is 0 Å². The maximum absolute atomic E-state index is 11.4. The molecular formula is C9H8N2OS. The number of nitrogens with zero attached hydrogens (tertiary/aromatic N) is 1. The SMILES string of the molecule is Cc1ccsc1-c1ncc[nH]c1=O. The van der Waals surface area contributed by atoms with Gasteiger partial charge in [-0.25, -0.2) is 4.98 Å². The Morgan fingerprint density at radius 1 is 1.54 bits per heavy atom. The van der Waals surface area contributed by atoms with Crippen molar-refractivity contribution in [2.24, 2.45) is 0 Å². The van der Waals surface area contributed by atoms with Gasteiger partial charge in [0.15, 0.2) is 0 Å². The third kappa shape index (κ3) is 1.40. The molecule has 0 aliphatic rings. The van der Waals surface area contributed by atoms with Crippen molar-refractivity contribution in [3.63, 3.8) is 0 Å². The second-order valence-corrected chi connectivity index (χ2v) is 3.62. The summed E-state index contributed by atoms with van der Waals surface area (Å²) in [4.78, 5) is 19.0. The zero-order valence-electron chi connectivity index (χ0n) is 7.07. The van der Waals surface area contributed by atoms with Gasteiger partial charge in [0.1, 0.15) is 5.69 Å². The summed E-state index contributed by atoms with van der Waals surface area (Å²) in [5.74, 6) is 0. The lowest BCUT2D eigenvalue weighted by molar-refractivity contribution is 1.15. The van der Waals surface area contributed by atoms with Crippen molar-refractivity contribution in [1.29, 1.82) is 0 Å². The zero-order chi connectivity index (χ0) is 9.26. The topological polar surface area (TPSA) is 45.8 Å². The first-order valence-electron chi connectivity index (χ1n) is 3.87. The minimum Gasteiger partial charge on any atom is -0.326 e. The van der Waals surface area contributed by atoms with Crippen molar-refractivity contribution in [2.45, 2.75) is 6.92 Å². The predicted octanol–water partition coefficient (Wildman–Crippen LogP) is 1.81. The van der Waals surface area contributed by atoms with E-state index < -0.39 is 0 Å². The molecule has 0 unspecified atom stereocenters. The predicted molar refractivity (Wildman–Crippen MR) is 52.9 cm³/mol. The summed E-state index contributed by atoms with van der Waals surface area (Å²) in [5.41, 5.74) is 1.47. The monoisotopic (exact) mass is 192 g/mol. The van der Waals surface area contributed by atoms with Crippen molar-refractivity contribution in [3.8, 4) is 10.6 Å². The first-order chi connectivity index (χ1) is 6.29. The highest BCUT2D eigenvalue weighted by Gasteiger charge is 2.07. The Morgan fingerprint density at radius 3 is 3.00 bits per heavy atom. The summed E-state index contributed by atoms with van der Waals surface area (Å²) in [6.07, 6.45) is 3.13. The molecule has 0 bridgehead atoms. The van der Waals surface area contributed by atoms with Gasteiger partial charge in [-0.3, -0.25) is 4.79 Å². The van der Waals surface area contributed by atoms with Crippen LogP contribution in [0.25, 0.3) is 10.6 Å². The van der Waals surface area contributed by atoms with Gasteiger partial charge in [-0.05, 0) is 23.9 Å². The second-order valence-electron chi connectivity index (χ2n) is 2.70. The van der Waals surface area contributed by atoms with Crippen LogP contribution in [0.15, 0.2) is 28.6 Å². The molecule has 0 spiro atoms. The summed E-state index contributed by atoms with van der Waals surface area (Å²) in [6.45, 7) is 1.97. The van der Waals surface area contributed by atoms with E-state index in [0.29, 0.717) is 5.69 Å². The van der Waals surface area contributed by atoms with Crippen LogP contribution in [0.2, 0.25) is 0 Å². The Kier molecular flexibility index (Phi) is 1.98. The number of hydrogen-bond donors (Lipinski definition) is 1. The zero-order valence-corrected chi connectivity index (χ0v) is 7.89. The second kappa shape index (κ2) is 3.14. The molecule has 0 aliphatic carbocycles. The standard InChI is InChI=1S/C9H8N2OS/c1-6-2-5-13-8(6)7-9(12)11-4-3-10-7/h2-5H,1H3,(H,11,12). The molecular weight excluding hydrogens is 184 g/mol. The van der Waals surface area contributed by atoms with Crippen LogP contribution in [0.4, 0.5) is 0 Å². The van der Waals surface area contributed by atoms with Gasteiger partial charge >= 0.3 is 0 Å². The van der Waals surface area contributed by atoms with E-state index in [4.69, 9.17) is 0 Å². The van der Waals surface area contributed by atoms with Gasteiger partial charge in [0.05, 0.1) is 4.88 Å². The largest absolute Gasteiger partial charge is 0.326 e. The van der Waals surface area contributed by atoms with E-state index in [9.17, 15) is 4.79 Å². The van der Waals surface area contributed by atoms with Gasteiger partial charge in [-0.15, -0.1) is 11.3 Å². The van der Waals surface area contributed by atoms with Gasteiger partial charge in [0, 0.05) is 12.4 Å². The van der Waals surface area contributed by atoms with Crippen molar-refractivity contribution in [3.05, 3.63) is 39.8 Å². The van der Waals surface area contributed by atoms with Crippen LogP contribution in [0.1, 0.15) is 5.56 Å². The lowest BCUT2D eigenvalue weighted by Gasteiger charge is -1.95. The summed E-state index contributed by atoms with van der Waals surface area (Å²) < 4.78 is 0. The Hall–Kier alpha value is -1.42. The van der Waals surface area contributed by atoms with Gasteiger partial charge in [-0.2, -0.15) is 0 Å². The van der Waals surface area contributed by atoms with E-state index in [-0.39, 0.29) is 5.56 Å². The molecule has 2 aromatic heterocycles. The first-order valence-corrected chi connectivity index (χ1v) is 4.75. The van der Waals surface area contributed by atoms with E-state index >= 15 is 0 Å². The lowest BCUT2D eigenvalue weighted by atomic mass is 10.2. The molecule has 4 heteroatoms. The molecule has 0 fully saturated rings. The maximum Gasteiger partial charge on any atom is 0.275 e. The minimum atomic E-state index is -0.131. The highest BCUT2D eigenvalue weighted by molar-refractivity contribution is 7.13. The van der Waals surface area contributed by atoms with Gasteiger partial charge < -0.3 is 4.98 Å². The Balaban J connectivity index is 2.66. The molecule has 2 heterocycles. The number of rotatable bonds is 1. The number of aromatic nitrogens is 2. The molecule has 3 nitrogen and oxygen atoms in total.